The summed E-state index contributed by atoms with van der Waals surface area (Å²) in [5.41, 5.74) is -0.664. The van der Waals surface area contributed by atoms with Crippen molar-refractivity contribution in [2.24, 2.45) is 0 Å². The van der Waals surface area contributed by atoms with E-state index in [2.05, 4.69) is 6.92 Å². The zero-order chi connectivity index (χ0) is 27.3. The molecule has 1 aliphatic heterocycles. The van der Waals surface area contributed by atoms with Crippen molar-refractivity contribution in [3.05, 3.63) is 42.0 Å². The van der Waals surface area contributed by atoms with E-state index in [9.17, 15) is 32.3 Å². The minimum atomic E-state index is -5.16. The van der Waals surface area contributed by atoms with Crippen LogP contribution in [0.5, 0.6) is 0 Å². The van der Waals surface area contributed by atoms with Crippen LogP contribution in [-0.2, 0) is 19.2 Å². The van der Waals surface area contributed by atoms with Gasteiger partial charge in [-0.1, -0.05) is 69.7 Å². The number of unbranched alkanes of at least 4 members (excludes halogenated alkanes) is 8. The number of carbonyl (C=O) groups is 4. The standard InChI is InChI=1S/C27H35F3N2O5/c1-2-3-4-5-6-7-8-9-10-11-12-15-20-31(26(36)27(28,29)30)22-17-14-13-16-21(22)25(35)37-32-23(33)18-19-24(32)34/h10-11,13-14,16-17H,2-9,12,15,18-20H2,1H3. The fourth-order valence-electron chi connectivity index (χ4n) is 3.98. The van der Waals surface area contributed by atoms with Crippen LogP contribution in [-0.4, -0.2) is 41.5 Å². The Balaban J connectivity index is 1.99. The van der Waals surface area contributed by atoms with Crippen LogP contribution >= 0.6 is 0 Å². The second-order valence-electron chi connectivity index (χ2n) is 8.96. The van der Waals surface area contributed by atoms with E-state index in [1.165, 1.54) is 56.4 Å². The van der Waals surface area contributed by atoms with Gasteiger partial charge in [0.15, 0.2) is 0 Å². The minimum absolute atomic E-state index is 0.126. The molecule has 0 atom stereocenters. The number of hydrogen-bond donors (Lipinski definition) is 0. The number of hydrogen-bond acceptors (Lipinski definition) is 5. The molecule has 7 nitrogen and oxygen atoms in total. The molecule has 1 aromatic carbocycles. The Bertz CT molecular complexity index is 946. The number of halogens is 3. The van der Waals surface area contributed by atoms with Gasteiger partial charge in [-0.2, -0.15) is 13.2 Å². The summed E-state index contributed by atoms with van der Waals surface area (Å²) < 4.78 is 40.1. The third-order valence-corrected chi connectivity index (χ3v) is 5.98. The fraction of sp³-hybridized carbons (Fsp3) is 0.556. The molecule has 0 aromatic heterocycles. The number of rotatable bonds is 15. The van der Waals surface area contributed by atoms with Gasteiger partial charge in [-0.15, -0.1) is 5.06 Å². The molecule has 37 heavy (non-hydrogen) atoms. The summed E-state index contributed by atoms with van der Waals surface area (Å²) in [5.74, 6) is -4.76. The van der Waals surface area contributed by atoms with E-state index in [1.54, 1.807) is 0 Å². The molecule has 1 aliphatic rings. The van der Waals surface area contributed by atoms with E-state index < -0.39 is 29.9 Å². The zero-order valence-electron chi connectivity index (χ0n) is 21.2. The number of para-hydroxylation sites is 1. The van der Waals surface area contributed by atoms with Crippen LogP contribution in [0.1, 0.15) is 94.3 Å². The molecule has 1 fully saturated rings. The number of benzene rings is 1. The lowest BCUT2D eigenvalue weighted by Gasteiger charge is -2.25. The predicted molar refractivity (Wildman–Crippen MR) is 132 cm³/mol. The molecule has 1 saturated heterocycles. The zero-order valence-corrected chi connectivity index (χ0v) is 21.2. The largest absolute Gasteiger partial charge is 0.471 e. The Morgan fingerprint density at radius 1 is 0.919 bits per heavy atom. The van der Waals surface area contributed by atoms with E-state index >= 15 is 0 Å². The van der Waals surface area contributed by atoms with Gasteiger partial charge in [0.25, 0.3) is 11.8 Å². The number of hydroxylamine groups is 2. The van der Waals surface area contributed by atoms with Gasteiger partial charge in [0, 0.05) is 19.4 Å². The smallest absolute Gasteiger partial charge is 0.325 e. The highest BCUT2D eigenvalue weighted by Gasteiger charge is 2.44. The second kappa shape index (κ2) is 15.2. The maximum Gasteiger partial charge on any atom is 0.471 e. The lowest BCUT2D eigenvalue weighted by Crippen LogP contribution is -2.42. The highest BCUT2D eigenvalue weighted by Crippen LogP contribution is 2.28. The third kappa shape index (κ3) is 9.66. The van der Waals surface area contributed by atoms with Crippen LogP contribution in [0.15, 0.2) is 36.4 Å². The van der Waals surface area contributed by atoms with Crippen molar-refractivity contribution in [1.29, 1.82) is 0 Å². The van der Waals surface area contributed by atoms with Crippen molar-refractivity contribution >= 4 is 29.4 Å². The number of carbonyl (C=O) groups excluding carboxylic acids is 4. The van der Waals surface area contributed by atoms with Crippen molar-refractivity contribution in [1.82, 2.24) is 5.06 Å². The number of allylic oxidation sites excluding steroid dienone is 2. The van der Waals surface area contributed by atoms with Gasteiger partial charge < -0.3 is 9.74 Å². The van der Waals surface area contributed by atoms with E-state index in [1.807, 2.05) is 12.2 Å². The summed E-state index contributed by atoms with van der Waals surface area (Å²) in [6.45, 7) is 1.89. The molecule has 2 rings (SSSR count). The van der Waals surface area contributed by atoms with Gasteiger partial charge in [-0.05, 0) is 37.8 Å². The molecule has 204 valence electrons. The van der Waals surface area contributed by atoms with E-state index in [0.29, 0.717) is 16.4 Å². The molecule has 3 amide bonds. The lowest BCUT2D eigenvalue weighted by atomic mass is 10.1. The SMILES string of the molecule is CCCCCCCCCC=CCCCN(C(=O)C(F)(F)F)c1ccccc1C(=O)ON1C(=O)CCC1=O. The van der Waals surface area contributed by atoms with Crippen LogP contribution in [0.2, 0.25) is 0 Å². The molecule has 0 aliphatic carbocycles. The fourth-order valence-corrected chi connectivity index (χ4v) is 3.98. The topological polar surface area (TPSA) is 84.0 Å². The first-order valence-corrected chi connectivity index (χ1v) is 12.9. The van der Waals surface area contributed by atoms with E-state index in [0.717, 1.165) is 19.3 Å². The summed E-state index contributed by atoms with van der Waals surface area (Å²) >= 11 is 0. The Kier molecular flexibility index (Phi) is 12.3. The first kappa shape index (κ1) is 30.1. The average Bonchev–Trinajstić information content (AvgIpc) is 3.18. The second-order valence-corrected chi connectivity index (χ2v) is 8.96. The van der Waals surface area contributed by atoms with Gasteiger partial charge in [-0.3, -0.25) is 14.4 Å². The third-order valence-electron chi connectivity index (χ3n) is 5.98. The Morgan fingerprint density at radius 2 is 1.49 bits per heavy atom. The molecule has 10 heteroatoms. The van der Waals surface area contributed by atoms with Crippen LogP contribution < -0.4 is 4.90 Å². The summed E-state index contributed by atoms with van der Waals surface area (Å²) in [5, 5.41) is 0.311. The number of imide groups is 1. The molecule has 0 bridgehead atoms. The van der Waals surface area contributed by atoms with Gasteiger partial charge in [0.2, 0.25) is 0 Å². The average molecular weight is 525 g/mol. The molecular formula is C27H35F3N2O5. The van der Waals surface area contributed by atoms with Crippen LogP contribution in [0.25, 0.3) is 0 Å². The lowest BCUT2D eigenvalue weighted by molar-refractivity contribution is -0.172. The number of amides is 3. The van der Waals surface area contributed by atoms with Gasteiger partial charge in [0.1, 0.15) is 0 Å². The summed E-state index contributed by atoms with van der Waals surface area (Å²) in [6.07, 6.45) is 8.42. The maximum absolute atomic E-state index is 13.4. The molecule has 0 saturated carbocycles. The van der Waals surface area contributed by atoms with Gasteiger partial charge in [0.05, 0.1) is 11.3 Å². The van der Waals surface area contributed by atoms with Gasteiger partial charge in [-0.25, -0.2) is 4.79 Å². The Labute approximate surface area is 215 Å². The number of nitrogens with zero attached hydrogens (tertiary/aromatic N) is 2. The van der Waals surface area contributed by atoms with Crippen LogP contribution in [0.3, 0.4) is 0 Å². The highest BCUT2D eigenvalue weighted by molar-refractivity contribution is 6.06. The maximum atomic E-state index is 13.4. The van der Waals surface area contributed by atoms with Crippen LogP contribution in [0, 0.1) is 0 Å². The summed E-state index contributed by atoms with van der Waals surface area (Å²) in [4.78, 5) is 53.8. The number of alkyl halides is 3. The summed E-state index contributed by atoms with van der Waals surface area (Å²) in [7, 11) is 0. The molecular weight excluding hydrogens is 489 g/mol. The van der Waals surface area contributed by atoms with Crippen molar-refractivity contribution in [3.63, 3.8) is 0 Å². The van der Waals surface area contributed by atoms with Crippen molar-refractivity contribution in [2.45, 2.75) is 90.1 Å². The predicted octanol–water partition coefficient (Wildman–Crippen LogP) is 6.28. The highest BCUT2D eigenvalue weighted by atomic mass is 19.4. The van der Waals surface area contributed by atoms with Crippen LogP contribution in [0.4, 0.5) is 18.9 Å². The molecule has 1 heterocycles. The van der Waals surface area contributed by atoms with E-state index in [-0.39, 0.29) is 37.1 Å². The normalized spacial score (nSPS) is 14.0. The molecule has 0 unspecified atom stereocenters. The Hall–Kier alpha value is -3.17. The van der Waals surface area contributed by atoms with Crippen molar-refractivity contribution < 1.29 is 37.2 Å². The quantitative estimate of drug-likeness (QED) is 0.153. The number of anilines is 1. The molecule has 0 N–H and O–H groups in total. The molecule has 0 spiro atoms. The van der Waals surface area contributed by atoms with Crippen molar-refractivity contribution in [2.75, 3.05) is 11.4 Å². The Morgan fingerprint density at radius 3 is 2.11 bits per heavy atom. The monoisotopic (exact) mass is 524 g/mol. The minimum Gasteiger partial charge on any atom is -0.325 e. The summed E-state index contributed by atoms with van der Waals surface area (Å²) in [6, 6.07) is 5.15. The van der Waals surface area contributed by atoms with Gasteiger partial charge >= 0.3 is 18.1 Å². The first-order chi connectivity index (χ1) is 17.7. The van der Waals surface area contributed by atoms with E-state index in [4.69, 9.17) is 4.84 Å². The van der Waals surface area contributed by atoms with Crippen molar-refractivity contribution in [3.8, 4) is 0 Å². The molecule has 1 aromatic rings. The first-order valence-electron chi connectivity index (χ1n) is 12.9. The molecule has 0 radical (unpaired) electrons.